The van der Waals surface area contributed by atoms with Crippen molar-refractivity contribution in [2.45, 2.75) is 45.9 Å². The van der Waals surface area contributed by atoms with Crippen molar-refractivity contribution in [3.8, 4) is 5.75 Å². The minimum Gasteiger partial charge on any atom is -0.493 e. The van der Waals surface area contributed by atoms with E-state index in [0.29, 0.717) is 5.92 Å². The van der Waals surface area contributed by atoms with Gasteiger partial charge in [0, 0.05) is 5.33 Å². The highest BCUT2D eigenvalue weighted by Crippen LogP contribution is 2.26. The van der Waals surface area contributed by atoms with Crippen LogP contribution in [-0.4, -0.2) is 6.61 Å². The molecule has 0 aliphatic rings. The van der Waals surface area contributed by atoms with E-state index < -0.39 is 0 Å². The van der Waals surface area contributed by atoms with E-state index in [1.807, 2.05) is 0 Å². The van der Waals surface area contributed by atoms with Crippen molar-refractivity contribution in [2.75, 3.05) is 6.61 Å². The highest BCUT2D eigenvalue weighted by Gasteiger charge is 2.08. The molecule has 0 saturated carbocycles. The maximum Gasteiger partial charge on any atom is 0.125 e. The van der Waals surface area contributed by atoms with Gasteiger partial charge in [0.15, 0.2) is 0 Å². The Morgan fingerprint density at radius 1 is 1.24 bits per heavy atom. The third-order valence-electron chi connectivity index (χ3n) is 2.97. The van der Waals surface area contributed by atoms with Gasteiger partial charge in [-0.1, -0.05) is 48.3 Å². The number of hydrogen-bond acceptors (Lipinski definition) is 1. The van der Waals surface area contributed by atoms with Gasteiger partial charge in [-0.05, 0) is 42.9 Å². The second kappa shape index (κ2) is 7.05. The molecule has 96 valence electrons. The van der Waals surface area contributed by atoms with Crippen molar-refractivity contribution >= 4 is 15.9 Å². The number of rotatable bonds is 6. The SMILES string of the molecule is CCCC(C)COc1c(C)cc(CBr)cc1C. The molecule has 0 spiro atoms. The molecule has 1 atom stereocenters. The molecular formula is C15H23BrO. The number of halogens is 1. The Hall–Kier alpha value is -0.500. The van der Waals surface area contributed by atoms with Crippen molar-refractivity contribution in [3.63, 3.8) is 0 Å². The summed E-state index contributed by atoms with van der Waals surface area (Å²) in [6.45, 7) is 9.54. The average Bonchev–Trinajstić information content (AvgIpc) is 2.28. The van der Waals surface area contributed by atoms with Crippen LogP contribution in [0.2, 0.25) is 0 Å². The molecule has 0 aromatic heterocycles. The normalized spacial score (nSPS) is 12.5. The zero-order valence-electron chi connectivity index (χ0n) is 11.3. The maximum atomic E-state index is 5.97. The summed E-state index contributed by atoms with van der Waals surface area (Å²) in [4.78, 5) is 0. The van der Waals surface area contributed by atoms with Gasteiger partial charge in [0.2, 0.25) is 0 Å². The molecule has 0 heterocycles. The first-order chi connectivity index (χ1) is 8.08. The first-order valence-corrected chi connectivity index (χ1v) is 7.49. The van der Waals surface area contributed by atoms with E-state index in [1.165, 1.54) is 29.5 Å². The second-order valence-corrected chi connectivity index (χ2v) is 5.46. The van der Waals surface area contributed by atoms with Gasteiger partial charge in [0.05, 0.1) is 6.61 Å². The predicted octanol–water partition coefficient (Wildman–Crippen LogP) is 5.01. The molecule has 17 heavy (non-hydrogen) atoms. The van der Waals surface area contributed by atoms with Crippen molar-refractivity contribution in [1.29, 1.82) is 0 Å². The van der Waals surface area contributed by atoms with E-state index in [-0.39, 0.29) is 0 Å². The molecule has 0 radical (unpaired) electrons. The highest BCUT2D eigenvalue weighted by molar-refractivity contribution is 9.08. The summed E-state index contributed by atoms with van der Waals surface area (Å²) >= 11 is 3.49. The molecule has 0 fully saturated rings. The van der Waals surface area contributed by atoms with Crippen LogP contribution in [0.3, 0.4) is 0 Å². The van der Waals surface area contributed by atoms with Crippen LogP contribution in [-0.2, 0) is 5.33 Å². The lowest BCUT2D eigenvalue weighted by Crippen LogP contribution is -2.09. The number of hydrogen-bond donors (Lipinski definition) is 0. The summed E-state index contributed by atoms with van der Waals surface area (Å²) in [5.74, 6) is 1.70. The summed E-state index contributed by atoms with van der Waals surface area (Å²) in [5.41, 5.74) is 3.79. The Labute approximate surface area is 114 Å². The molecular weight excluding hydrogens is 276 g/mol. The van der Waals surface area contributed by atoms with E-state index in [2.05, 4.69) is 55.8 Å². The van der Waals surface area contributed by atoms with Gasteiger partial charge < -0.3 is 4.74 Å². The van der Waals surface area contributed by atoms with Crippen LogP contribution in [0.15, 0.2) is 12.1 Å². The Morgan fingerprint density at radius 2 is 1.82 bits per heavy atom. The molecule has 1 rings (SSSR count). The van der Waals surface area contributed by atoms with Gasteiger partial charge in [-0.3, -0.25) is 0 Å². The molecule has 1 unspecified atom stereocenters. The van der Waals surface area contributed by atoms with Gasteiger partial charge in [0.25, 0.3) is 0 Å². The fourth-order valence-electron chi connectivity index (χ4n) is 2.15. The molecule has 2 heteroatoms. The quantitative estimate of drug-likeness (QED) is 0.671. The van der Waals surface area contributed by atoms with E-state index in [1.54, 1.807) is 0 Å². The van der Waals surface area contributed by atoms with Crippen LogP contribution in [0.4, 0.5) is 0 Å². The highest BCUT2D eigenvalue weighted by atomic mass is 79.9. The Bertz CT molecular complexity index is 337. The summed E-state index contributed by atoms with van der Waals surface area (Å²) in [7, 11) is 0. The molecule has 0 aliphatic heterocycles. The zero-order chi connectivity index (χ0) is 12.8. The number of aryl methyl sites for hydroxylation is 2. The topological polar surface area (TPSA) is 9.23 Å². The zero-order valence-corrected chi connectivity index (χ0v) is 12.9. The lowest BCUT2D eigenvalue weighted by Gasteiger charge is -2.16. The molecule has 1 nitrogen and oxygen atoms in total. The largest absolute Gasteiger partial charge is 0.493 e. The van der Waals surface area contributed by atoms with E-state index >= 15 is 0 Å². The standard InChI is InChI=1S/C15H23BrO/c1-5-6-11(2)10-17-15-12(3)7-14(9-16)8-13(15)4/h7-8,11H,5-6,9-10H2,1-4H3. The van der Waals surface area contributed by atoms with Gasteiger partial charge in [0.1, 0.15) is 5.75 Å². The molecule has 0 N–H and O–H groups in total. The minimum atomic E-state index is 0.634. The van der Waals surface area contributed by atoms with Crippen molar-refractivity contribution in [1.82, 2.24) is 0 Å². The van der Waals surface area contributed by atoms with Gasteiger partial charge in [-0.15, -0.1) is 0 Å². The number of benzene rings is 1. The fraction of sp³-hybridized carbons (Fsp3) is 0.600. The van der Waals surface area contributed by atoms with Crippen molar-refractivity contribution < 1.29 is 4.74 Å². The van der Waals surface area contributed by atoms with Gasteiger partial charge in [-0.2, -0.15) is 0 Å². The third kappa shape index (κ3) is 4.34. The molecule has 0 bridgehead atoms. The predicted molar refractivity (Wildman–Crippen MR) is 78.1 cm³/mol. The van der Waals surface area contributed by atoms with E-state index in [9.17, 15) is 0 Å². The van der Waals surface area contributed by atoms with E-state index in [0.717, 1.165) is 17.7 Å². The average molecular weight is 299 g/mol. The Balaban J connectivity index is 2.71. The Morgan fingerprint density at radius 3 is 2.29 bits per heavy atom. The summed E-state index contributed by atoms with van der Waals surface area (Å²) in [6, 6.07) is 4.39. The maximum absolute atomic E-state index is 5.97. The van der Waals surface area contributed by atoms with Gasteiger partial charge >= 0.3 is 0 Å². The fourth-order valence-corrected chi connectivity index (χ4v) is 2.47. The van der Waals surface area contributed by atoms with Crippen molar-refractivity contribution in [2.24, 2.45) is 5.92 Å². The molecule has 0 aliphatic carbocycles. The second-order valence-electron chi connectivity index (χ2n) is 4.90. The van der Waals surface area contributed by atoms with Crippen LogP contribution in [0.25, 0.3) is 0 Å². The molecule has 0 saturated heterocycles. The van der Waals surface area contributed by atoms with Crippen LogP contribution < -0.4 is 4.74 Å². The number of ether oxygens (including phenoxy) is 1. The number of alkyl halides is 1. The lowest BCUT2D eigenvalue weighted by atomic mass is 10.1. The summed E-state index contributed by atoms with van der Waals surface area (Å²) in [5, 5.41) is 0.904. The van der Waals surface area contributed by atoms with Crippen molar-refractivity contribution in [3.05, 3.63) is 28.8 Å². The Kier molecular flexibility index (Phi) is 6.04. The lowest BCUT2D eigenvalue weighted by molar-refractivity contribution is 0.248. The minimum absolute atomic E-state index is 0.634. The summed E-state index contributed by atoms with van der Waals surface area (Å²) in [6.07, 6.45) is 2.46. The molecule has 0 amide bonds. The van der Waals surface area contributed by atoms with E-state index in [4.69, 9.17) is 4.74 Å². The van der Waals surface area contributed by atoms with Gasteiger partial charge in [-0.25, -0.2) is 0 Å². The van der Waals surface area contributed by atoms with Crippen LogP contribution in [0, 0.1) is 19.8 Å². The van der Waals surface area contributed by atoms with Crippen LogP contribution in [0.1, 0.15) is 43.4 Å². The smallest absolute Gasteiger partial charge is 0.125 e. The van der Waals surface area contributed by atoms with Crippen LogP contribution >= 0.6 is 15.9 Å². The molecule has 1 aromatic rings. The first-order valence-electron chi connectivity index (χ1n) is 6.37. The van der Waals surface area contributed by atoms with Crippen LogP contribution in [0.5, 0.6) is 5.75 Å². The summed E-state index contributed by atoms with van der Waals surface area (Å²) < 4.78 is 5.97. The third-order valence-corrected chi connectivity index (χ3v) is 3.62. The molecule has 1 aromatic carbocycles. The monoisotopic (exact) mass is 298 g/mol. The first kappa shape index (κ1) is 14.6.